The number of anilines is 1. The maximum atomic E-state index is 9.02. The minimum Gasteiger partial charge on any atom is -0.399 e. The number of imidazole rings is 1. The van der Waals surface area contributed by atoms with Crippen molar-refractivity contribution < 1.29 is 0 Å². The lowest BCUT2D eigenvalue weighted by Crippen LogP contribution is -1.98. The third-order valence-electron chi connectivity index (χ3n) is 3.39. The molecule has 102 valence electrons. The number of benzene rings is 2. The lowest BCUT2D eigenvalue weighted by Gasteiger charge is -2.10. The smallest absolute Gasteiger partial charge is 0.144 e. The van der Waals surface area contributed by atoms with Crippen molar-refractivity contribution in [2.75, 3.05) is 5.73 Å². The van der Waals surface area contributed by atoms with Crippen LogP contribution in [0.25, 0.3) is 17.1 Å². The van der Waals surface area contributed by atoms with Crippen LogP contribution in [-0.4, -0.2) is 9.55 Å². The van der Waals surface area contributed by atoms with Crippen LogP contribution in [-0.2, 0) is 0 Å². The number of aromatic nitrogens is 2. The van der Waals surface area contributed by atoms with E-state index in [1.54, 1.807) is 6.20 Å². The highest BCUT2D eigenvalue weighted by atomic mass is 15.1. The van der Waals surface area contributed by atoms with Crippen molar-refractivity contribution in [3.05, 3.63) is 66.0 Å². The summed E-state index contributed by atoms with van der Waals surface area (Å²) < 4.78 is 1.99. The molecule has 4 nitrogen and oxygen atoms in total. The zero-order valence-corrected chi connectivity index (χ0v) is 11.6. The van der Waals surface area contributed by atoms with Gasteiger partial charge in [0.25, 0.3) is 0 Å². The lowest BCUT2D eigenvalue weighted by atomic mass is 10.1. The number of nitrogens with zero attached hydrogens (tertiary/aromatic N) is 3. The molecule has 3 aromatic rings. The van der Waals surface area contributed by atoms with E-state index in [4.69, 9.17) is 11.0 Å². The van der Waals surface area contributed by atoms with Gasteiger partial charge >= 0.3 is 0 Å². The van der Waals surface area contributed by atoms with E-state index in [1.807, 2.05) is 60.2 Å². The molecule has 1 heterocycles. The van der Waals surface area contributed by atoms with E-state index < -0.39 is 0 Å². The monoisotopic (exact) mass is 274 g/mol. The molecule has 0 fully saturated rings. The summed E-state index contributed by atoms with van der Waals surface area (Å²) in [5.74, 6) is 0.825. The van der Waals surface area contributed by atoms with E-state index in [-0.39, 0.29) is 0 Å². The van der Waals surface area contributed by atoms with Crippen molar-refractivity contribution in [3.8, 4) is 23.1 Å². The fourth-order valence-electron chi connectivity index (χ4n) is 2.33. The molecule has 0 unspecified atom stereocenters. The van der Waals surface area contributed by atoms with E-state index in [0.29, 0.717) is 11.3 Å². The first-order chi connectivity index (χ1) is 10.2. The average molecular weight is 274 g/mol. The largest absolute Gasteiger partial charge is 0.399 e. The van der Waals surface area contributed by atoms with Crippen LogP contribution in [0.1, 0.15) is 11.1 Å². The summed E-state index contributed by atoms with van der Waals surface area (Å²) in [7, 11) is 0. The van der Waals surface area contributed by atoms with Gasteiger partial charge in [0, 0.05) is 29.3 Å². The summed E-state index contributed by atoms with van der Waals surface area (Å²) in [6.45, 7) is 1.93. The van der Waals surface area contributed by atoms with Crippen molar-refractivity contribution in [2.45, 2.75) is 6.92 Å². The standard InChI is InChI=1S/C17H14N4/c1-12-9-16(6-5-14(12)11-18)21-8-7-20-17(21)13-3-2-4-15(19)10-13/h2-10H,19H2,1H3. The highest BCUT2D eigenvalue weighted by Crippen LogP contribution is 2.24. The number of hydrogen-bond donors (Lipinski definition) is 1. The Bertz CT molecular complexity index is 840. The van der Waals surface area contributed by atoms with Crippen molar-refractivity contribution >= 4 is 5.69 Å². The van der Waals surface area contributed by atoms with Crippen LogP contribution in [0.5, 0.6) is 0 Å². The molecule has 0 aliphatic rings. The molecule has 0 aliphatic carbocycles. The molecule has 1 aromatic heterocycles. The van der Waals surface area contributed by atoms with Gasteiger partial charge in [0.05, 0.1) is 11.6 Å². The second-order valence-electron chi connectivity index (χ2n) is 4.86. The Balaban J connectivity index is 2.11. The fraction of sp³-hybridized carbons (Fsp3) is 0.0588. The number of nitriles is 1. The minimum atomic E-state index is 0.685. The zero-order valence-electron chi connectivity index (χ0n) is 11.6. The average Bonchev–Trinajstić information content (AvgIpc) is 2.96. The molecular weight excluding hydrogens is 260 g/mol. The van der Waals surface area contributed by atoms with Crippen molar-refractivity contribution in [2.24, 2.45) is 0 Å². The van der Waals surface area contributed by atoms with Crippen LogP contribution < -0.4 is 5.73 Å². The predicted octanol–water partition coefficient (Wildman–Crippen LogP) is 3.30. The summed E-state index contributed by atoms with van der Waals surface area (Å²) in [6.07, 6.45) is 3.66. The van der Waals surface area contributed by atoms with Crippen LogP contribution in [0.3, 0.4) is 0 Å². The first-order valence-corrected chi connectivity index (χ1v) is 6.59. The van der Waals surface area contributed by atoms with Gasteiger partial charge in [-0.15, -0.1) is 0 Å². The third-order valence-corrected chi connectivity index (χ3v) is 3.39. The Morgan fingerprint density at radius 1 is 1.19 bits per heavy atom. The Kier molecular flexibility index (Phi) is 3.17. The maximum absolute atomic E-state index is 9.02. The Morgan fingerprint density at radius 3 is 2.76 bits per heavy atom. The maximum Gasteiger partial charge on any atom is 0.144 e. The van der Waals surface area contributed by atoms with Crippen molar-refractivity contribution in [1.82, 2.24) is 9.55 Å². The molecule has 2 aromatic carbocycles. The van der Waals surface area contributed by atoms with Crippen LogP contribution in [0.4, 0.5) is 5.69 Å². The molecule has 0 atom stereocenters. The SMILES string of the molecule is Cc1cc(-n2ccnc2-c2cccc(N)c2)ccc1C#N. The predicted molar refractivity (Wildman–Crippen MR) is 82.9 cm³/mol. The van der Waals surface area contributed by atoms with E-state index in [1.165, 1.54) is 0 Å². The van der Waals surface area contributed by atoms with Crippen molar-refractivity contribution in [1.29, 1.82) is 5.26 Å². The fourth-order valence-corrected chi connectivity index (χ4v) is 2.33. The van der Waals surface area contributed by atoms with Gasteiger partial charge in [-0.1, -0.05) is 12.1 Å². The second kappa shape index (κ2) is 5.14. The highest BCUT2D eigenvalue weighted by Gasteiger charge is 2.09. The minimum absolute atomic E-state index is 0.685. The molecule has 0 saturated heterocycles. The summed E-state index contributed by atoms with van der Waals surface area (Å²) in [6, 6.07) is 15.5. The van der Waals surface area contributed by atoms with Gasteiger partial charge in [0.15, 0.2) is 0 Å². The van der Waals surface area contributed by atoms with Gasteiger partial charge in [-0.3, -0.25) is 4.57 Å². The topological polar surface area (TPSA) is 67.6 Å². The number of rotatable bonds is 2. The molecule has 2 N–H and O–H groups in total. The highest BCUT2D eigenvalue weighted by molar-refractivity contribution is 5.63. The van der Waals surface area contributed by atoms with Gasteiger partial charge in [-0.05, 0) is 42.8 Å². The van der Waals surface area contributed by atoms with Gasteiger partial charge in [-0.2, -0.15) is 5.26 Å². The zero-order chi connectivity index (χ0) is 14.8. The summed E-state index contributed by atoms with van der Waals surface area (Å²) in [5.41, 5.74) is 10.1. The van der Waals surface area contributed by atoms with E-state index >= 15 is 0 Å². The molecule has 0 bridgehead atoms. The number of hydrogen-bond acceptors (Lipinski definition) is 3. The molecular formula is C17H14N4. The van der Waals surface area contributed by atoms with Gasteiger partial charge < -0.3 is 5.73 Å². The normalized spacial score (nSPS) is 10.3. The van der Waals surface area contributed by atoms with Crippen LogP contribution in [0, 0.1) is 18.3 Å². The Hall–Kier alpha value is -3.06. The molecule has 0 radical (unpaired) electrons. The van der Waals surface area contributed by atoms with Crippen LogP contribution in [0.15, 0.2) is 54.9 Å². The second-order valence-corrected chi connectivity index (χ2v) is 4.86. The molecule has 3 rings (SSSR count). The number of aryl methyl sites for hydroxylation is 1. The molecule has 0 amide bonds. The summed E-state index contributed by atoms with van der Waals surface area (Å²) >= 11 is 0. The van der Waals surface area contributed by atoms with E-state index in [9.17, 15) is 0 Å². The van der Waals surface area contributed by atoms with E-state index in [0.717, 1.165) is 22.6 Å². The summed E-state index contributed by atoms with van der Waals surface area (Å²) in [5, 5.41) is 9.02. The van der Waals surface area contributed by atoms with Crippen LogP contribution >= 0.6 is 0 Å². The molecule has 4 heteroatoms. The van der Waals surface area contributed by atoms with E-state index in [2.05, 4.69) is 11.1 Å². The van der Waals surface area contributed by atoms with Crippen molar-refractivity contribution in [3.63, 3.8) is 0 Å². The Morgan fingerprint density at radius 2 is 2.05 bits per heavy atom. The molecule has 0 saturated carbocycles. The van der Waals surface area contributed by atoms with Gasteiger partial charge in [0.2, 0.25) is 0 Å². The molecule has 21 heavy (non-hydrogen) atoms. The first-order valence-electron chi connectivity index (χ1n) is 6.59. The molecule has 0 aliphatic heterocycles. The summed E-state index contributed by atoms with van der Waals surface area (Å²) in [4.78, 5) is 4.42. The van der Waals surface area contributed by atoms with Crippen LogP contribution in [0.2, 0.25) is 0 Å². The van der Waals surface area contributed by atoms with Gasteiger partial charge in [0.1, 0.15) is 5.82 Å². The number of nitrogens with two attached hydrogens (primary N) is 1. The first kappa shape index (κ1) is 12.9. The molecule has 0 spiro atoms. The number of nitrogen functional groups attached to an aromatic ring is 1. The lowest BCUT2D eigenvalue weighted by molar-refractivity contribution is 1.06. The third kappa shape index (κ3) is 2.37. The quantitative estimate of drug-likeness (QED) is 0.729. The van der Waals surface area contributed by atoms with Gasteiger partial charge in [-0.25, -0.2) is 4.98 Å². The Labute approximate surface area is 123 Å².